The molecular weight excluding hydrogens is 160 g/mol. The fourth-order valence-electron chi connectivity index (χ4n) is 1.06. The molecule has 0 aromatic rings. The van der Waals surface area contributed by atoms with Crippen LogP contribution in [0.4, 0.5) is 0 Å². The lowest BCUT2D eigenvalue weighted by Crippen LogP contribution is -2.53. The first-order chi connectivity index (χ1) is 5.65. The number of hydrogen-bond donors (Lipinski definition) is 3. The third-order valence-corrected chi connectivity index (χ3v) is 1.61. The SMILES string of the molecule is NC1=NC(N)C(NC=O)C(=O)C1. The van der Waals surface area contributed by atoms with Crippen LogP contribution < -0.4 is 16.8 Å². The molecule has 0 aliphatic carbocycles. The number of amidine groups is 1. The van der Waals surface area contributed by atoms with Crippen molar-refractivity contribution in [2.75, 3.05) is 0 Å². The summed E-state index contributed by atoms with van der Waals surface area (Å²) >= 11 is 0. The van der Waals surface area contributed by atoms with E-state index in [4.69, 9.17) is 11.5 Å². The molecule has 1 aliphatic heterocycles. The van der Waals surface area contributed by atoms with Gasteiger partial charge in [0.2, 0.25) is 6.41 Å². The number of rotatable bonds is 2. The van der Waals surface area contributed by atoms with Gasteiger partial charge in [-0.05, 0) is 0 Å². The second-order valence-electron chi connectivity index (χ2n) is 2.52. The molecule has 12 heavy (non-hydrogen) atoms. The molecule has 66 valence electrons. The Hall–Kier alpha value is -1.43. The third kappa shape index (κ3) is 1.59. The highest BCUT2D eigenvalue weighted by molar-refractivity contribution is 6.05. The lowest BCUT2D eigenvalue weighted by Gasteiger charge is -2.23. The first-order valence-corrected chi connectivity index (χ1v) is 3.45. The van der Waals surface area contributed by atoms with Crippen LogP contribution in [-0.4, -0.2) is 30.2 Å². The highest BCUT2D eigenvalue weighted by atomic mass is 16.1. The molecule has 0 radical (unpaired) electrons. The number of nitrogens with zero attached hydrogens (tertiary/aromatic N) is 1. The van der Waals surface area contributed by atoms with E-state index in [1.54, 1.807) is 0 Å². The van der Waals surface area contributed by atoms with E-state index in [9.17, 15) is 9.59 Å². The fraction of sp³-hybridized carbons (Fsp3) is 0.500. The van der Waals surface area contributed by atoms with Crippen molar-refractivity contribution in [1.29, 1.82) is 0 Å². The average molecular weight is 170 g/mol. The second kappa shape index (κ2) is 3.31. The van der Waals surface area contributed by atoms with E-state index in [0.29, 0.717) is 6.41 Å². The van der Waals surface area contributed by atoms with Gasteiger partial charge in [-0.25, -0.2) is 0 Å². The van der Waals surface area contributed by atoms with E-state index in [0.717, 1.165) is 0 Å². The van der Waals surface area contributed by atoms with Crippen LogP contribution in [0.2, 0.25) is 0 Å². The van der Waals surface area contributed by atoms with Gasteiger partial charge in [-0.1, -0.05) is 0 Å². The summed E-state index contributed by atoms with van der Waals surface area (Å²) in [5.74, 6) is 0.0125. The predicted molar refractivity (Wildman–Crippen MR) is 42.2 cm³/mol. The van der Waals surface area contributed by atoms with Crippen molar-refractivity contribution in [3.05, 3.63) is 0 Å². The van der Waals surface area contributed by atoms with Crippen LogP contribution in [0.5, 0.6) is 0 Å². The Labute approximate surface area is 69.0 Å². The van der Waals surface area contributed by atoms with Crippen LogP contribution in [0.15, 0.2) is 4.99 Å². The van der Waals surface area contributed by atoms with Gasteiger partial charge in [-0.2, -0.15) is 0 Å². The molecule has 1 amide bonds. The van der Waals surface area contributed by atoms with Crippen LogP contribution in [0, 0.1) is 0 Å². The Kier molecular flexibility index (Phi) is 2.39. The summed E-state index contributed by atoms with van der Waals surface area (Å²) < 4.78 is 0. The lowest BCUT2D eigenvalue weighted by atomic mass is 10.0. The van der Waals surface area contributed by atoms with Crippen LogP contribution in [0.25, 0.3) is 0 Å². The minimum absolute atomic E-state index is 0.0548. The zero-order valence-electron chi connectivity index (χ0n) is 6.36. The topological polar surface area (TPSA) is 111 Å². The van der Waals surface area contributed by atoms with Gasteiger partial charge < -0.3 is 16.8 Å². The normalized spacial score (nSPS) is 29.4. The molecule has 6 heteroatoms. The molecule has 0 fully saturated rings. The van der Waals surface area contributed by atoms with Crippen molar-refractivity contribution in [2.45, 2.75) is 18.6 Å². The molecule has 2 unspecified atom stereocenters. The Bertz CT molecular complexity index is 238. The molecule has 6 nitrogen and oxygen atoms in total. The van der Waals surface area contributed by atoms with Crippen molar-refractivity contribution in [3.63, 3.8) is 0 Å². The molecule has 0 spiro atoms. The molecule has 1 aliphatic rings. The van der Waals surface area contributed by atoms with E-state index in [1.165, 1.54) is 0 Å². The zero-order valence-corrected chi connectivity index (χ0v) is 6.36. The average Bonchev–Trinajstić information content (AvgIpc) is 1.96. The number of ketones is 1. The molecule has 1 rings (SSSR count). The van der Waals surface area contributed by atoms with E-state index >= 15 is 0 Å². The van der Waals surface area contributed by atoms with Crippen LogP contribution in [0.3, 0.4) is 0 Å². The van der Waals surface area contributed by atoms with E-state index in [-0.39, 0.29) is 18.0 Å². The Morgan fingerprint density at radius 2 is 2.33 bits per heavy atom. The summed E-state index contributed by atoms with van der Waals surface area (Å²) in [6.07, 6.45) is -0.269. The number of aliphatic imine (C=N–C) groups is 1. The summed E-state index contributed by atoms with van der Waals surface area (Å²) in [5.41, 5.74) is 10.7. The molecule has 2 atom stereocenters. The Morgan fingerprint density at radius 3 is 2.83 bits per heavy atom. The number of nitrogens with one attached hydrogen (secondary N) is 1. The first-order valence-electron chi connectivity index (χ1n) is 3.45. The van der Waals surface area contributed by atoms with Gasteiger partial charge in [-0.3, -0.25) is 14.6 Å². The highest BCUT2D eigenvalue weighted by Crippen LogP contribution is 2.04. The second-order valence-corrected chi connectivity index (χ2v) is 2.52. The van der Waals surface area contributed by atoms with Crippen molar-refractivity contribution in [1.82, 2.24) is 5.32 Å². The smallest absolute Gasteiger partial charge is 0.207 e. The molecular formula is C6H10N4O2. The van der Waals surface area contributed by atoms with Gasteiger partial charge in [-0.15, -0.1) is 0 Å². The zero-order chi connectivity index (χ0) is 9.14. The quantitative estimate of drug-likeness (QED) is 0.405. The van der Waals surface area contributed by atoms with E-state index < -0.39 is 12.2 Å². The standard InChI is InChI=1S/C6H10N4O2/c7-4-1-3(12)5(9-2-11)6(8)10-4/h2,5-6H,1,8H2,(H2,7,10)(H,9,11). The van der Waals surface area contributed by atoms with Crippen LogP contribution >= 0.6 is 0 Å². The highest BCUT2D eigenvalue weighted by Gasteiger charge is 2.29. The van der Waals surface area contributed by atoms with Gasteiger partial charge in [0.15, 0.2) is 5.78 Å². The van der Waals surface area contributed by atoms with Crippen LogP contribution in [0.1, 0.15) is 6.42 Å². The Balaban J connectivity index is 2.75. The molecule has 0 saturated heterocycles. The molecule has 0 aromatic heterocycles. The number of carbonyl (C=O) groups is 2. The lowest BCUT2D eigenvalue weighted by molar-refractivity contribution is -0.123. The largest absolute Gasteiger partial charge is 0.387 e. The maximum atomic E-state index is 11.1. The number of carbonyl (C=O) groups excluding carboxylic acids is 2. The Morgan fingerprint density at radius 1 is 1.67 bits per heavy atom. The van der Waals surface area contributed by atoms with Gasteiger partial charge in [0, 0.05) is 0 Å². The van der Waals surface area contributed by atoms with Crippen molar-refractivity contribution in [3.8, 4) is 0 Å². The summed E-state index contributed by atoms with van der Waals surface area (Å²) in [6.45, 7) is 0. The molecule has 0 aromatic carbocycles. The third-order valence-electron chi connectivity index (χ3n) is 1.61. The van der Waals surface area contributed by atoms with Crippen molar-refractivity contribution < 1.29 is 9.59 Å². The van der Waals surface area contributed by atoms with Gasteiger partial charge in [0.05, 0.1) is 6.42 Å². The fourth-order valence-corrected chi connectivity index (χ4v) is 1.06. The van der Waals surface area contributed by atoms with Crippen molar-refractivity contribution >= 4 is 18.0 Å². The molecule has 0 saturated carbocycles. The summed E-state index contributed by atoms with van der Waals surface area (Å²) in [5, 5.41) is 2.29. The van der Waals surface area contributed by atoms with Gasteiger partial charge in [0.25, 0.3) is 0 Å². The minimum Gasteiger partial charge on any atom is -0.387 e. The van der Waals surface area contributed by atoms with E-state index in [2.05, 4.69) is 10.3 Å². The first kappa shape index (κ1) is 8.66. The number of nitrogens with two attached hydrogens (primary N) is 2. The van der Waals surface area contributed by atoms with E-state index in [1.807, 2.05) is 0 Å². The van der Waals surface area contributed by atoms with Crippen molar-refractivity contribution in [2.24, 2.45) is 16.5 Å². The monoisotopic (exact) mass is 170 g/mol. The summed E-state index contributed by atoms with van der Waals surface area (Å²) in [7, 11) is 0. The predicted octanol–water partition coefficient (Wildman–Crippen LogP) is -2.28. The van der Waals surface area contributed by atoms with Gasteiger partial charge in [0.1, 0.15) is 18.0 Å². The molecule has 1 heterocycles. The maximum absolute atomic E-state index is 11.1. The molecule has 0 bridgehead atoms. The van der Waals surface area contributed by atoms with Gasteiger partial charge >= 0.3 is 0 Å². The maximum Gasteiger partial charge on any atom is 0.207 e. The minimum atomic E-state index is -0.753. The van der Waals surface area contributed by atoms with Crippen LogP contribution in [-0.2, 0) is 9.59 Å². The summed E-state index contributed by atoms with van der Waals surface area (Å²) in [6, 6.07) is -0.727. The number of hydrogen-bond acceptors (Lipinski definition) is 5. The summed E-state index contributed by atoms with van der Waals surface area (Å²) in [4.78, 5) is 25.0. The number of amides is 1. The number of Topliss-reactive ketones (excluding diaryl/α,β-unsaturated/α-hetero) is 1. The molecule has 5 N–H and O–H groups in total.